The number of hydrogen-bond donors (Lipinski definition) is 1. The molecule has 7 nitrogen and oxygen atoms in total. The molecule has 2 heterocycles. The van der Waals surface area contributed by atoms with Crippen molar-refractivity contribution < 1.29 is 13.6 Å². The minimum absolute atomic E-state index is 0.0419. The highest BCUT2D eigenvalue weighted by atomic mass is 16.4. The predicted molar refractivity (Wildman–Crippen MR) is 124 cm³/mol. The van der Waals surface area contributed by atoms with Crippen molar-refractivity contribution in [2.24, 2.45) is 0 Å². The lowest BCUT2D eigenvalue weighted by Crippen LogP contribution is -2.15. The molecule has 0 saturated carbocycles. The second kappa shape index (κ2) is 8.55. The van der Waals surface area contributed by atoms with Gasteiger partial charge in [0.15, 0.2) is 11.2 Å². The maximum Gasteiger partial charge on any atom is 0.291 e. The Morgan fingerprint density at radius 1 is 0.909 bits per heavy atom. The van der Waals surface area contributed by atoms with Crippen LogP contribution < -0.4 is 10.7 Å². The minimum Gasteiger partial charge on any atom is -0.451 e. The molecule has 162 valence electrons. The highest BCUT2D eigenvalue weighted by Crippen LogP contribution is 2.20. The molecule has 33 heavy (non-hydrogen) atoms. The van der Waals surface area contributed by atoms with Crippen LogP contribution in [0.15, 0.2) is 92.5 Å². The van der Waals surface area contributed by atoms with E-state index in [4.69, 9.17) is 8.83 Å². The summed E-state index contributed by atoms with van der Waals surface area (Å²) in [7, 11) is 0. The van der Waals surface area contributed by atoms with E-state index in [9.17, 15) is 9.59 Å². The zero-order valence-corrected chi connectivity index (χ0v) is 17.7. The number of aromatic nitrogens is 2. The topological polar surface area (TPSA) is 98.2 Å². The molecule has 3 aromatic carbocycles. The van der Waals surface area contributed by atoms with Crippen LogP contribution in [-0.4, -0.2) is 16.1 Å². The van der Waals surface area contributed by atoms with E-state index in [2.05, 4.69) is 15.5 Å². The van der Waals surface area contributed by atoms with E-state index >= 15 is 0 Å². The molecule has 0 saturated heterocycles. The standard InChI is InChI=1S/C26H19N3O4/c1-16-7-12-22-20(13-16)21(30)15-23(32-22)25(31)27-19-10-8-17(9-11-19)14-24-28-29-26(33-24)18-5-3-2-4-6-18/h2-13,15H,14H2,1H3,(H,27,31). The summed E-state index contributed by atoms with van der Waals surface area (Å²) in [5.41, 5.74) is 3.46. The summed E-state index contributed by atoms with van der Waals surface area (Å²) < 4.78 is 11.4. The van der Waals surface area contributed by atoms with E-state index in [1.165, 1.54) is 6.07 Å². The summed E-state index contributed by atoms with van der Waals surface area (Å²) in [4.78, 5) is 25.0. The maximum atomic E-state index is 12.6. The third-order valence-electron chi connectivity index (χ3n) is 5.16. The van der Waals surface area contributed by atoms with Crippen molar-refractivity contribution in [2.45, 2.75) is 13.3 Å². The second-order valence-electron chi connectivity index (χ2n) is 7.67. The van der Waals surface area contributed by atoms with Crippen molar-refractivity contribution >= 4 is 22.6 Å². The first-order valence-electron chi connectivity index (χ1n) is 10.4. The van der Waals surface area contributed by atoms with Crippen molar-refractivity contribution in [1.29, 1.82) is 0 Å². The molecule has 0 atom stereocenters. The van der Waals surface area contributed by atoms with Crippen LogP contribution in [0.25, 0.3) is 22.4 Å². The van der Waals surface area contributed by atoms with Crippen LogP contribution in [0.3, 0.4) is 0 Å². The quantitative estimate of drug-likeness (QED) is 0.416. The van der Waals surface area contributed by atoms with Gasteiger partial charge < -0.3 is 14.2 Å². The predicted octanol–water partition coefficient (Wildman–Crippen LogP) is 4.99. The van der Waals surface area contributed by atoms with E-state index in [0.717, 1.165) is 16.7 Å². The Balaban J connectivity index is 1.28. The normalized spacial score (nSPS) is 10.9. The molecule has 0 radical (unpaired) electrons. The zero-order chi connectivity index (χ0) is 22.8. The molecule has 0 fully saturated rings. The number of nitrogens with one attached hydrogen (secondary N) is 1. The Morgan fingerprint density at radius 2 is 1.70 bits per heavy atom. The summed E-state index contributed by atoms with van der Waals surface area (Å²) in [6.07, 6.45) is 0.465. The number of benzene rings is 3. The van der Waals surface area contributed by atoms with Gasteiger partial charge >= 0.3 is 0 Å². The first-order chi connectivity index (χ1) is 16.0. The van der Waals surface area contributed by atoms with Gasteiger partial charge in [-0.1, -0.05) is 42.0 Å². The van der Waals surface area contributed by atoms with E-state index in [0.29, 0.717) is 34.9 Å². The number of carbonyl (C=O) groups excluding carboxylic acids is 1. The van der Waals surface area contributed by atoms with Gasteiger partial charge in [-0.2, -0.15) is 0 Å². The zero-order valence-electron chi connectivity index (χ0n) is 17.7. The van der Waals surface area contributed by atoms with Gasteiger partial charge in [0.2, 0.25) is 11.8 Å². The highest BCUT2D eigenvalue weighted by molar-refractivity contribution is 6.03. The number of rotatable bonds is 5. The lowest BCUT2D eigenvalue weighted by molar-refractivity contribution is 0.0997. The van der Waals surface area contributed by atoms with E-state index < -0.39 is 5.91 Å². The Labute approximate surface area is 188 Å². The molecule has 0 unspecified atom stereocenters. The van der Waals surface area contributed by atoms with Gasteiger partial charge in [-0.15, -0.1) is 10.2 Å². The van der Waals surface area contributed by atoms with Gasteiger partial charge in [0.25, 0.3) is 5.91 Å². The van der Waals surface area contributed by atoms with Gasteiger partial charge in [0.1, 0.15) is 5.58 Å². The van der Waals surface area contributed by atoms with E-state index in [-0.39, 0.29) is 11.2 Å². The molecular formula is C26H19N3O4. The first kappa shape index (κ1) is 20.4. The Bertz CT molecular complexity index is 1500. The summed E-state index contributed by atoms with van der Waals surface area (Å²) >= 11 is 0. The van der Waals surface area contributed by atoms with Gasteiger partial charge in [-0.3, -0.25) is 9.59 Å². The number of amides is 1. The van der Waals surface area contributed by atoms with Crippen LogP contribution in [-0.2, 0) is 6.42 Å². The SMILES string of the molecule is Cc1ccc2oc(C(=O)Nc3ccc(Cc4nnc(-c5ccccc5)o4)cc3)cc(=O)c2c1. The van der Waals surface area contributed by atoms with Crippen molar-refractivity contribution in [2.75, 3.05) is 5.32 Å². The fourth-order valence-electron chi connectivity index (χ4n) is 3.48. The van der Waals surface area contributed by atoms with Crippen LogP contribution >= 0.6 is 0 Å². The number of anilines is 1. The third kappa shape index (κ3) is 4.43. The third-order valence-corrected chi connectivity index (χ3v) is 5.16. The van der Waals surface area contributed by atoms with Crippen LogP contribution in [0.5, 0.6) is 0 Å². The van der Waals surface area contributed by atoms with E-state index in [1.807, 2.05) is 55.5 Å². The number of nitrogens with zero attached hydrogens (tertiary/aromatic N) is 2. The molecular weight excluding hydrogens is 418 g/mol. The largest absolute Gasteiger partial charge is 0.451 e. The number of fused-ring (bicyclic) bond motifs is 1. The summed E-state index contributed by atoms with van der Waals surface area (Å²) in [6.45, 7) is 1.89. The van der Waals surface area contributed by atoms with Crippen molar-refractivity contribution in [3.63, 3.8) is 0 Å². The van der Waals surface area contributed by atoms with Crippen LogP contribution in [0.1, 0.15) is 27.6 Å². The monoisotopic (exact) mass is 437 g/mol. The number of aryl methyl sites for hydroxylation is 1. The first-order valence-corrected chi connectivity index (χ1v) is 10.4. The molecule has 5 aromatic rings. The Morgan fingerprint density at radius 3 is 2.48 bits per heavy atom. The van der Waals surface area contributed by atoms with Crippen molar-refractivity contribution in [3.8, 4) is 11.5 Å². The molecule has 0 aliphatic carbocycles. The number of hydrogen-bond acceptors (Lipinski definition) is 6. The molecule has 0 bridgehead atoms. The molecule has 5 rings (SSSR count). The van der Waals surface area contributed by atoms with Gasteiger partial charge in [0, 0.05) is 17.3 Å². The lowest BCUT2D eigenvalue weighted by atomic mass is 10.1. The van der Waals surface area contributed by atoms with Crippen molar-refractivity contribution in [1.82, 2.24) is 10.2 Å². The van der Waals surface area contributed by atoms with Crippen LogP contribution in [0.2, 0.25) is 0 Å². The molecule has 0 aliphatic rings. The Kier molecular flexibility index (Phi) is 5.28. The molecule has 1 N–H and O–H groups in total. The van der Waals surface area contributed by atoms with Crippen LogP contribution in [0, 0.1) is 6.92 Å². The highest BCUT2D eigenvalue weighted by Gasteiger charge is 2.13. The molecule has 2 aromatic heterocycles. The maximum absolute atomic E-state index is 12.6. The van der Waals surface area contributed by atoms with Gasteiger partial charge in [0.05, 0.1) is 11.8 Å². The van der Waals surface area contributed by atoms with Gasteiger partial charge in [-0.25, -0.2) is 0 Å². The summed E-state index contributed by atoms with van der Waals surface area (Å²) in [5, 5.41) is 11.4. The molecule has 0 spiro atoms. The summed E-state index contributed by atoms with van der Waals surface area (Å²) in [6, 6.07) is 23.3. The number of carbonyl (C=O) groups is 1. The smallest absolute Gasteiger partial charge is 0.291 e. The molecule has 1 amide bonds. The molecule has 7 heteroatoms. The Hall–Kier alpha value is -4.52. The minimum atomic E-state index is -0.494. The van der Waals surface area contributed by atoms with Gasteiger partial charge in [-0.05, 0) is 48.9 Å². The summed E-state index contributed by atoms with van der Waals surface area (Å²) in [5.74, 6) is 0.437. The fourth-order valence-corrected chi connectivity index (χ4v) is 3.48. The van der Waals surface area contributed by atoms with Crippen molar-refractivity contribution in [3.05, 3.63) is 112 Å². The lowest BCUT2D eigenvalue weighted by Gasteiger charge is -2.07. The van der Waals surface area contributed by atoms with E-state index in [1.54, 1.807) is 24.3 Å². The average Bonchev–Trinajstić information content (AvgIpc) is 3.30. The molecule has 0 aliphatic heterocycles. The van der Waals surface area contributed by atoms with Crippen LogP contribution in [0.4, 0.5) is 5.69 Å². The fraction of sp³-hybridized carbons (Fsp3) is 0.0769. The second-order valence-corrected chi connectivity index (χ2v) is 7.67. The average molecular weight is 437 g/mol.